The summed E-state index contributed by atoms with van der Waals surface area (Å²) in [5.41, 5.74) is 0. The van der Waals surface area contributed by atoms with Gasteiger partial charge in [0.2, 0.25) is 5.95 Å². The van der Waals surface area contributed by atoms with Crippen LogP contribution < -0.4 is 15.1 Å². The van der Waals surface area contributed by atoms with Crippen molar-refractivity contribution in [1.29, 1.82) is 0 Å². The molecule has 1 saturated heterocycles. The van der Waals surface area contributed by atoms with E-state index >= 15 is 0 Å². The maximum Gasteiger partial charge on any atom is 0.226 e. The molecule has 2 atom stereocenters. The average molecular weight is 333 g/mol. The third kappa shape index (κ3) is 3.60. The molecule has 1 aliphatic rings. The van der Waals surface area contributed by atoms with Crippen LogP contribution in [0.1, 0.15) is 5.82 Å². The zero-order valence-electron chi connectivity index (χ0n) is 14.4. The zero-order chi connectivity index (χ0) is 17.1. The van der Waals surface area contributed by atoms with Gasteiger partial charge in [-0.2, -0.15) is 9.78 Å². The van der Waals surface area contributed by atoms with Crippen molar-refractivity contribution in [2.24, 2.45) is 7.05 Å². The van der Waals surface area contributed by atoms with E-state index in [-0.39, 0.29) is 12.1 Å². The van der Waals surface area contributed by atoms with Crippen molar-refractivity contribution < 1.29 is 4.74 Å². The fraction of sp³-hybridized carbons (Fsp3) is 0.643. The number of rotatable bonds is 6. The molecule has 2 aromatic heterocycles. The fourth-order valence-corrected chi connectivity index (χ4v) is 2.74. The van der Waals surface area contributed by atoms with Gasteiger partial charge < -0.3 is 19.9 Å². The van der Waals surface area contributed by atoms with E-state index in [1.54, 1.807) is 20.4 Å². The van der Waals surface area contributed by atoms with Gasteiger partial charge in [-0.25, -0.2) is 4.98 Å². The third-order valence-electron chi connectivity index (χ3n) is 3.99. The smallest absolute Gasteiger partial charge is 0.226 e. The van der Waals surface area contributed by atoms with Crippen LogP contribution in [0.3, 0.4) is 0 Å². The molecule has 0 amide bonds. The molecule has 0 aliphatic carbocycles. The van der Waals surface area contributed by atoms with E-state index in [0.29, 0.717) is 18.3 Å². The third-order valence-corrected chi connectivity index (χ3v) is 3.99. The van der Waals surface area contributed by atoms with Gasteiger partial charge in [-0.1, -0.05) is 0 Å². The highest BCUT2D eigenvalue weighted by Gasteiger charge is 2.33. The lowest BCUT2D eigenvalue weighted by Crippen LogP contribution is -2.39. The minimum absolute atomic E-state index is 0.0689. The summed E-state index contributed by atoms with van der Waals surface area (Å²) in [5, 5.41) is 15.5. The first kappa shape index (κ1) is 16.5. The molecule has 130 valence electrons. The topological polar surface area (TPSA) is 97.1 Å². The number of hydrogen-bond donors (Lipinski definition) is 1. The summed E-state index contributed by atoms with van der Waals surface area (Å²) in [6.07, 6.45) is 1.85. The van der Waals surface area contributed by atoms with Gasteiger partial charge in [-0.05, 0) is 11.3 Å². The highest BCUT2D eigenvalue weighted by atomic mass is 16.5. The molecule has 1 aliphatic heterocycles. The molecule has 24 heavy (non-hydrogen) atoms. The minimum Gasteiger partial charge on any atom is -0.378 e. The lowest BCUT2D eigenvalue weighted by molar-refractivity contribution is 0.0964. The normalized spacial score (nSPS) is 20.6. The Kier molecular flexibility index (Phi) is 4.86. The summed E-state index contributed by atoms with van der Waals surface area (Å²) < 4.78 is 5.63. The van der Waals surface area contributed by atoms with Crippen molar-refractivity contribution in [3.63, 3.8) is 0 Å². The first-order valence-electron chi connectivity index (χ1n) is 7.81. The SMILES string of the molecule is CO[C@@H]1CN(c2ccnc(N(C)C)n2)C[C@@H]1NCc1nnn(C)n1. The van der Waals surface area contributed by atoms with Crippen molar-refractivity contribution in [2.75, 3.05) is 44.1 Å². The van der Waals surface area contributed by atoms with E-state index in [4.69, 9.17) is 4.74 Å². The van der Waals surface area contributed by atoms with Crippen LogP contribution in [-0.4, -0.2) is 76.6 Å². The largest absolute Gasteiger partial charge is 0.378 e. The molecule has 2 aromatic rings. The van der Waals surface area contributed by atoms with E-state index in [2.05, 4.69) is 35.6 Å². The first-order chi connectivity index (χ1) is 11.6. The first-order valence-corrected chi connectivity index (χ1v) is 7.81. The quantitative estimate of drug-likeness (QED) is 0.718. The van der Waals surface area contributed by atoms with Crippen molar-refractivity contribution in [3.8, 4) is 0 Å². The van der Waals surface area contributed by atoms with E-state index in [9.17, 15) is 0 Å². The van der Waals surface area contributed by atoms with Gasteiger partial charge in [0.15, 0.2) is 5.82 Å². The molecule has 10 nitrogen and oxygen atoms in total. The number of ether oxygens (including phenoxy) is 1. The van der Waals surface area contributed by atoms with Gasteiger partial charge in [0.25, 0.3) is 0 Å². The minimum atomic E-state index is 0.0689. The van der Waals surface area contributed by atoms with Crippen LogP contribution in [-0.2, 0) is 18.3 Å². The molecule has 0 unspecified atom stereocenters. The van der Waals surface area contributed by atoms with Crippen molar-refractivity contribution in [3.05, 3.63) is 18.1 Å². The molecular weight excluding hydrogens is 310 g/mol. The molecule has 10 heteroatoms. The standard InChI is InChI=1S/C14H23N9O/c1-21(2)14-15-6-5-13(17-14)23-8-10(11(9-23)24-4)16-7-12-18-20-22(3)19-12/h5-6,10-11,16H,7-9H2,1-4H3/t10-,11+/m0/s1. The van der Waals surface area contributed by atoms with Gasteiger partial charge in [0.05, 0.1) is 25.7 Å². The maximum absolute atomic E-state index is 5.63. The summed E-state index contributed by atoms with van der Waals surface area (Å²) in [6, 6.07) is 2.09. The van der Waals surface area contributed by atoms with E-state index in [0.717, 1.165) is 18.9 Å². The van der Waals surface area contributed by atoms with Crippen LogP contribution in [0.5, 0.6) is 0 Å². The van der Waals surface area contributed by atoms with Crippen LogP contribution >= 0.6 is 0 Å². The predicted octanol–water partition coefficient (Wildman–Crippen LogP) is -0.940. The average Bonchev–Trinajstić information content (AvgIpc) is 3.18. The molecule has 0 bridgehead atoms. The molecule has 0 saturated carbocycles. The van der Waals surface area contributed by atoms with Crippen LogP contribution in [0.4, 0.5) is 11.8 Å². The number of aryl methyl sites for hydroxylation is 1. The summed E-state index contributed by atoms with van der Waals surface area (Å²) in [5.74, 6) is 2.27. The molecule has 1 fully saturated rings. The lowest BCUT2D eigenvalue weighted by Gasteiger charge is -2.19. The van der Waals surface area contributed by atoms with Crippen molar-refractivity contribution >= 4 is 11.8 Å². The number of methoxy groups -OCH3 is 1. The van der Waals surface area contributed by atoms with Crippen LogP contribution in [0.15, 0.2) is 12.3 Å². The van der Waals surface area contributed by atoms with Gasteiger partial charge in [-0.3, -0.25) is 0 Å². The molecule has 3 rings (SSSR count). The number of aromatic nitrogens is 6. The number of tetrazole rings is 1. The Morgan fingerprint density at radius 1 is 1.38 bits per heavy atom. The van der Waals surface area contributed by atoms with E-state index < -0.39 is 0 Å². The van der Waals surface area contributed by atoms with Gasteiger partial charge >= 0.3 is 0 Å². The molecule has 0 spiro atoms. The summed E-state index contributed by atoms with van der Waals surface area (Å²) >= 11 is 0. The second kappa shape index (κ2) is 7.05. The molecule has 1 N–H and O–H groups in total. The number of nitrogens with one attached hydrogen (secondary N) is 1. The Balaban J connectivity index is 1.66. The van der Waals surface area contributed by atoms with Crippen molar-refractivity contribution in [2.45, 2.75) is 18.7 Å². The lowest BCUT2D eigenvalue weighted by atomic mass is 10.2. The highest BCUT2D eigenvalue weighted by molar-refractivity contribution is 5.45. The van der Waals surface area contributed by atoms with Crippen LogP contribution in [0, 0.1) is 0 Å². The summed E-state index contributed by atoms with van der Waals surface area (Å²) in [7, 11) is 7.34. The summed E-state index contributed by atoms with van der Waals surface area (Å²) in [4.78, 5) is 14.4. The maximum atomic E-state index is 5.63. The van der Waals surface area contributed by atoms with E-state index in [1.165, 1.54) is 4.80 Å². The van der Waals surface area contributed by atoms with Crippen LogP contribution in [0.2, 0.25) is 0 Å². The molecule has 0 aromatic carbocycles. The second-order valence-corrected chi connectivity index (χ2v) is 5.97. The van der Waals surface area contributed by atoms with Gasteiger partial charge in [0.1, 0.15) is 5.82 Å². The van der Waals surface area contributed by atoms with Crippen molar-refractivity contribution in [1.82, 2.24) is 35.5 Å². The monoisotopic (exact) mass is 333 g/mol. The Bertz CT molecular complexity index is 674. The van der Waals surface area contributed by atoms with Crippen LogP contribution in [0.25, 0.3) is 0 Å². The van der Waals surface area contributed by atoms with Gasteiger partial charge in [0, 0.05) is 40.5 Å². The Labute approximate surface area is 140 Å². The van der Waals surface area contributed by atoms with E-state index in [1.807, 2.05) is 25.1 Å². The molecular formula is C14H23N9O. The predicted molar refractivity (Wildman–Crippen MR) is 88.8 cm³/mol. The second-order valence-electron chi connectivity index (χ2n) is 5.97. The number of nitrogens with zero attached hydrogens (tertiary/aromatic N) is 8. The number of hydrogen-bond acceptors (Lipinski definition) is 9. The van der Waals surface area contributed by atoms with Gasteiger partial charge in [-0.15, -0.1) is 10.2 Å². The Morgan fingerprint density at radius 2 is 2.21 bits per heavy atom. The summed E-state index contributed by atoms with van der Waals surface area (Å²) in [6.45, 7) is 2.12. The fourth-order valence-electron chi connectivity index (χ4n) is 2.74. The zero-order valence-corrected chi connectivity index (χ0v) is 14.4. The Morgan fingerprint density at radius 3 is 2.88 bits per heavy atom. The molecule has 0 radical (unpaired) electrons. The molecule has 3 heterocycles. The highest BCUT2D eigenvalue weighted by Crippen LogP contribution is 2.21. The number of anilines is 2. The Hall–Kier alpha value is -2.33.